The van der Waals surface area contributed by atoms with Crippen molar-refractivity contribution in [3.8, 4) is 5.75 Å². The van der Waals surface area contributed by atoms with E-state index in [-0.39, 0.29) is 6.04 Å². The number of ether oxygens (including phenoxy) is 1. The number of nitrogens with zero attached hydrogens (tertiary/aromatic N) is 1. The zero-order valence-electron chi connectivity index (χ0n) is 15.2. The average molecular weight is 374 g/mol. The molecule has 2 heterocycles. The van der Waals surface area contributed by atoms with Gasteiger partial charge in [-0.25, -0.2) is 0 Å². The summed E-state index contributed by atoms with van der Waals surface area (Å²) in [4.78, 5) is 2.48. The van der Waals surface area contributed by atoms with Gasteiger partial charge in [-0.05, 0) is 81.5 Å². The Morgan fingerprint density at radius 2 is 1.96 bits per heavy atom. The van der Waals surface area contributed by atoms with E-state index in [0.29, 0.717) is 11.7 Å². The third-order valence-electron chi connectivity index (χ3n) is 4.58. The molecule has 0 radical (unpaired) electrons. The minimum absolute atomic E-state index is 0.199. The molecule has 0 bridgehead atoms. The van der Waals surface area contributed by atoms with Crippen LogP contribution >= 0.6 is 12.2 Å². The molecule has 0 aliphatic carbocycles. The second-order valence-electron chi connectivity index (χ2n) is 6.42. The molecule has 2 N–H and O–H groups in total. The van der Waals surface area contributed by atoms with Gasteiger partial charge in [-0.2, -0.15) is 0 Å². The van der Waals surface area contributed by atoms with Crippen molar-refractivity contribution < 1.29 is 9.15 Å². The monoisotopic (exact) mass is 373 g/mol. The van der Waals surface area contributed by atoms with Crippen LogP contribution < -0.4 is 15.4 Å². The van der Waals surface area contributed by atoms with Crippen molar-refractivity contribution in [1.29, 1.82) is 0 Å². The lowest BCUT2D eigenvalue weighted by atomic mass is 10.1. The summed E-state index contributed by atoms with van der Waals surface area (Å²) in [6.07, 6.45) is 5.54. The molecule has 5 nitrogen and oxygen atoms in total. The van der Waals surface area contributed by atoms with Crippen molar-refractivity contribution >= 4 is 23.0 Å². The van der Waals surface area contributed by atoms with Crippen LogP contribution in [-0.2, 0) is 0 Å². The summed E-state index contributed by atoms with van der Waals surface area (Å²) < 4.78 is 11.1. The molecule has 140 valence electrons. The van der Waals surface area contributed by atoms with Crippen LogP contribution in [0.5, 0.6) is 5.75 Å². The first-order valence-corrected chi connectivity index (χ1v) is 9.72. The van der Waals surface area contributed by atoms with Crippen LogP contribution in [0.3, 0.4) is 0 Å². The van der Waals surface area contributed by atoms with Crippen molar-refractivity contribution in [2.45, 2.75) is 32.2 Å². The minimum Gasteiger partial charge on any atom is -0.494 e. The molecular weight excluding hydrogens is 346 g/mol. The maximum absolute atomic E-state index is 5.68. The predicted molar refractivity (Wildman–Crippen MR) is 109 cm³/mol. The average Bonchev–Trinajstić information content (AvgIpc) is 3.19. The van der Waals surface area contributed by atoms with E-state index < -0.39 is 0 Å². The molecule has 1 fully saturated rings. The molecule has 1 atom stereocenters. The lowest BCUT2D eigenvalue weighted by Gasteiger charge is -2.33. The standard InChI is InChI=1S/C20H27N3O2S/c1-2-24-17-10-8-16(9-11-17)22-20(26)21-15-18(19-7-6-14-25-19)23-12-4-3-5-13-23/h6-11,14,18H,2-5,12-13,15H2,1H3,(H2,21,22,26)/t18-/m1/s1. The Kier molecular flexibility index (Phi) is 6.91. The number of benzene rings is 1. The largest absolute Gasteiger partial charge is 0.494 e. The lowest BCUT2D eigenvalue weighted by Crippen LogP contribution is -2.41. The molecule has 1 aliphatic heterocycles. The summed E-state index contributed by atoms with van der Waals surface area (Å²) in [5, 5.41) is 7.19. The highest BCUT2D eigenvalue weighted by Gasteiger charge is 2.24. The first kappa shape index (κ1) is 18.7. The highest BCUT2D eigenvalue weighted by atomic mass is 32.1. The minimum atomic E-state index is 0.199. The Morgan fingerprint density at radius 1 is 1.19 bits per heavy atom. The van der Waals surface area contributed by atoms with Gasteiger partial charge in [0.15, 0.2) is 5.11 Å². The van der Waals surface area contributed by atoms with E-state index >= 15 is 0 Å². The Labute approximate surface area is 160 Å². The predicted octanol–water partition coefficient (Wildman–Crippen LogP) is 4.19. The fourth-order valence-electron chi connectivity index (χ4n) is 3.29. The zero-order chi connectivity index (χ0) is 18.2. The van der Waals surface area contributed by atoms with Gasteiger partial charge < -0.3 is 19.8 Å². The number of piperidine rings is 1. The fraction of sp³-hybridized carbons (Fsp3) is 0.450. The Balaban J connectivity index is 1.55. The third kappa shape index (κ3) is 5.22. The van der Waals surface area contributed by atoms with Gasteiger partial charge in [0.25, 0.3) is 0 Å². The van der Waals surface area contributed by atoms with Crippen LogP contribution in [0.15, 0.2) is 47.1 Å². The highest BCUT2D eigenvalue weighted by molar-refractivity contribution is 7.80. The van der Waals surface area contributed by atoms with E-state index in [4.69, 9.17) is 21.4 Å². The Hall–Kier alpha value is -2.05. The topological polar surface area (TPSA) is 49.7 Å². The van der Waals surface area contributed by atoms with Crippen LogP contribution in [0, 0.1) is 0 Å². The van der Waals surface area contributed by atoms with Gasteiger partial charge >= 0.3 is 0 Å². The Morgan fingerprint density at radius 3 is 2.62 bits per heavy atom. The highest BCUT2D eigenvalue weighted by Crippen LogP contribution is 2.24. The SMILES string of the molecule is CCOc1ccc(NC(=S)NC[C@H](c2ccco2)N2CCCCC2)cc1. The summed E-state index contributed by atoms with van der Waals surface area (Å²) >= 11 is 5.47. The fourth-order valence-corrected chi connectivity index (χ4v) is 3.49. The number of hydrogen-bond acceptors (Lipinski definition) is 4. The first-order valence-electron chi connectivity index (χ1n) is 9.31. The molecule has 0 amide bonds. The number of nitrogens with one attached hydrogen (secondary N) is 2. The van der Waals surface area contributed by atoms with Crippen molar-refractivity contribution in [1.82, 2.24) is 10.2 Å². The number of furan rings is 1. The number of anilines is 1. The van der Waals surface area contributed by atoms with Gasteiger partial charge in [-0.1, -0.05) is 6.42 Å². The third-order valence-corrected chi connectivity index (χ3v) is 4.83. The van der Waals surface area contributed by atoms with Crippen molar-refractivity contribution in [3.05, 3.63) is 48.4 Å². The summed E-state index contributed by atoms with van der Waals surface area (Å²) in [5.74, 6) is 1.85. The van der Waals surface area contributed by atoms with E-state index in [9.17, 15) is 0 Å². The molecule has 0 spiro atoms. The number of rotatable bonds is 7. The molecule has 6 heteroatoms. The van der Waals surface area contributed by atoms with Gasteiger partial charge in [-0.3, -0.25) is 4.90 Å². The van der Waals surface area contributed by atoms with Gasteiger partial charge in [0.1, 0.15) is 11.5 Å². The zero-order valence-corrected chi connectivity index (χ0v) is 16.1. The molecule has 3 rings (SSSR count). The van der Waals surface area contributed by atoms with E-state index in [1.165, 1.54) is 19.3 Å². The molecule has 0 saturated carbocycles. The second kappa shape index (κ2) is 9.59. The quantitative estimate of drug-likeness (QED) is 0.710. The molecule has 1 aromatic heterocycles. The van der Waals surface area contributed by atoms with Gasteiger partial charge in [0.2, 0.25) is 0 Å². The number of likely N-dealkylation sites (tertiary alicyclic amines) is 1. The molecule has 1 aliphatic rings. The maximum Gasteiger partial charge on any atom is 0.170 e. The van der Waals surface area contributed by atoms with E-state index in [1.807, 2.05) is 43.3 Å². The van der Waals surface area contributed by atoms with Crippen LogP contribution in [0.25, 0.3) is 0 Å². The van der Waals surface area contributed by atoms with E-state index in [1.54, 1.807) is 6.26 Å². The van der Waals surface area contributed by atoms with Gasteiger partial charge in [-0.15, -0.1) is 0 Å². The van der Waals surface area contributed by atoms with Crippen LogP contribution in [0.1, 0.15) is 38.0 Å². The second-order valence-corrected chi connectivity index (χ2v) is 6.83. The molecular formula is C20H27N3O2S. The normalized spacial score (nSPS) is 16.0. The van der Waals surface area contributed by atoms with Crippen LogP contribution in [0.2, 0.25) is 0 Å². The van der Waals surface area contributed by atoms with Gasteiger partial charge in [0.05, 0.1) is 18.9 Å². The summed E-state index contributed by atoms with van der Waals surface area (Å²) in [7, 11) is 0. The first-order chi connectivity index (χ1) is 12.8. The maximum atomic E-state index is 5.68. The summed E-state index contributed by atoms with van der Waals surface area (Å²) in [6.45, 7) is 5.56. The van der Waals surface area contributed by atoms with Crippen molar-refractivity contribution in [2.75, 3.05) is 31.6 Å². The summed E-state index contributed by atoms with van der Waals surface area (Å²) in [5.41, 5.74) is 0.943. The summed E-state index contributed by atoms with van der Waals surface area (Å²) in [6, 6.07) is 12.0. The molecule has 26 heavy (non-hydrogen) atoms. The van der Waals surface area contributed by atoms with Crippen molar-refractivity contribution in [3.63, 3.8) is 0 Å². The van der Waals surface area contributed by atoms with Crippen LogP contribution in [0.4, 0.5) is 5.69 Å². The van der Waals surface area contributed by atoms with Gasteiger partial charge in [0, 0.05) is 12.2 Å². The molecule has 2 aromatic rings. The smallest absolute Gasteiger partial charge is 0.170 e. The van der Waals surface area contributed by atoms with E-state index in [2.05, 4.69) is 15.5 Å². The van der Waals surface area contributed by atoms with Crippen LogP contribution in [-0.4, -0.2) is 36.3 Å². The lowest BCUT2D eigenvalue weighted by molar-refractivity contribution is 0.146. The number of thiocarbonyl (C=S) groups is 1. The Bertz CT molecular complexity index is 667. The van der Waals surface area contributed by atoms with E-state index in [0.717, 1.165) is 36.8 Å². The number of hydrogen-bond donors (Lipinski definition) is 2. The van der Waals surface area contributed by atoms with Crippen molar-refractivity contribution in [2.24, 2.45) is 0 Å². The molecule has 0 unspecified atom stereocenters. The molecule has 1 aromatic carbocycles. The molecule has 1 saturated heterocycles.